The quantitative estimate of drug-likeness (QED) is 0.604. The molecule has 0 aromatic carbocycles. The number of alkyl halides is 6. The van der Waals surface area contributed by atoms with Crippen LogP contribution in [-0.2, 0) is 20.9 Å². The van der Waals surface area contributed by atoms with Crippen molar-refractivity contribution in [3.63, 3.8) is 0 Å². The standard InChI is InChI=1S/C15H24N2OS.2C2HF3O2/c1-16(2)14-11-17(10-13-6-4-8-19-13)9-12-5-3-7-18-15(12)14;2*3-2(4,5)1(6)7/h4,6,8,12,14-15H,3,5,7,9-11H2,1-2H3;2*(H,6,7)/t12-,14+,15-;;/m0../s1. The minimum Gasteiger partial charge on any atom is -0.475 e. The maximum absolute atomic E-state index is 10.6. The molecule has 0 aliphatic carbocycles. The predicted octanol–water partition coefficient (Wildman–Crippen LogP) is 3.56. The fourth-order valence-electron chi connectivity index (χ4n) is 3.47. The number of aliphatic carboxylic acids is 2. The molecule has 0 saturated carbocycles. The van der Waals surface area contributed by atoms with Gasteiger partial charge in [-0.2, -0.15) is 26.3 Å². The Morgan fingerprint density at radius 2 is 1.67 bits per heavy atom. The zero-order chi connectivity index (χ0) is 25.4. The highest BCUT2D eigenvalue weighted by molar-refractivity contribution is 7.09. The summed E-state index contributed by atoms with van der Waals surface area (Å²) in [7, 11) is 4.38. The summed E-state index contributed by atoms with van der Waals surface area (Å²) in [5.74, 6) is -4.80. The first kappa shape index (κ1) is 29.1. The van der Waals surface area contributed by atoms with Crippen molar-refractivity contribution in [3.05, 3.63) is 22.4 Å². The number of fused-ring (bicyclic) bond motifs is 1. The van der Waals surface area contributed by atoms with Crippen molar-refractivity contribution in [3.8, 4) is 0 Å². The summed E-state index contributed by atoms with van der Waals surface area (Å²) in [4.78, 5) is 24.2. The third-order valence-electron chi connectivity index (χ3n) is 4.92. The van der Waals surface area contributed by atoms with Gasteiger partial charge >= 0.3 is 24.3 Å². The van der Waals surface area contributed by atoms with Crippen LogP contribution in [0.25, 0.3) is 0 Å². The van der Waals surface area contributed by atoms with Gasteiger partial charge in [0, 0.05) is 37.2 Å². The first-order valence-corrected chi connectivity index (χ1v) is 10.6. The predicted molar refractivity (Wildman–Crippen MR) is 107 cm³/mol. The summed E-state index contributed by atoms with van der Waals surface area (Å²) in [6.07, 6.45) is -7.16. The molecule has 1 aromatic heterocycles. The van der Waals surface area contributed by atoms with Gasteiger partial charge in [0.1, 0.15) is 0 Å². The summed E-state index contributed by atoms with van der Waals surface area (Å²) in [5.41, 5.74) is 0. The number of likely N-dealkylation sites (tertiary alicyclic amines) is 1. The topological polar surface area (TPSA) is 90.3 Å². The van der Waals surface area contributed by atoms with Crippen molar-refractivity contribution in [1.82, 2.24) is 9.80 Å². The van der Waals surface area contributed by atoms with E-state index in [1.54, 1.807) is 0 Å². The van der Waals surface area contributed by atoms with Crippen molar-refractivity contribution in [2.24, 2.45) is 5.92 Å². The van der Waals surface area contributed by atoms with Gasteiger partial charge in [-0.05, 0) is 44.3 Å². The van der Waals surface area contributed by atoms with Crippen LogP contribution in [-0.4, -0.2) is 90.2 Å². The Kier molecular flexibility index (Phi) is 11.1. The Labute approximate surface area is 190 Å². The highest BCUT2D eigenvalue weighted by Crippen LogP contribution is 2.31. The lowest BCUT2D eigenvalue weighted by atomic mass is 9.85. The fourth-order valence-corrected chi connectivity index (χ4v) is 4.22. The summed E-state index contributed by atoms with van der Waals surface area (Å²) < 4.78 is 69.5. The van der Waals surface area contributed by atoms with Gasteiger partial charge in [-0.25, -0.2) is 9.59 Å². The average Bonchev–Trinajstić information content (AvgIpc) is 3.19. The average molecular weight is 508 g/mol. The van der Waals surface area contributed by atoms with Gasteiger partial charge in [-0.15, -0.1) is 11.3 Å². The number of thiophene rings is 1. The lowest BCUT2D eigenvalue weighted by Gasteiger charge is -2.48. The van der Waals surface area contributed by atoms with Crippen molar-refractivity contribution < 1.29 is 50.9 Å². The highest BCUT2D eigenvalue weighted by Gasteiger charge is 2.40. The Morgan fingerprint density at radius 1 is 1.12 bits per heavy atom. The van der Waals surface area contributed by atoms with Gasteiger partial charge in [0.2, 0.25) is 0 Å². The van der Waals surface area contributed by atoms with Gasteiger partial charge in [-0.1, -0.05) is 6.07 Å². The summed E-state index contributed by atoms with van der Waals surface area (Å²) >= 11 is 1.87. The van der Waals surface area contributed by atoms with E-state index < -0.39 is 24.3 Å². The van der Waals surface area contributed by atoms with Crippen LogP contribution in [0.2, 0.25) is 0 Å². The van der Waals surface area contributed by atoms with E-state index in [0.717, 1.165) is 25.6 Å². The normalized spacial score (nSPS) is 23.5. The Balaban J connectivity index is 0.000000324. The molecule has 2 fully saturated rings. The minimum absolute atomic E-state index is 0.448. The zero-order valence-corrected chi connectivity index (χ0v) is 18.7. The van der Waals surface area contributed by atoms with E-state index in [1.807, 2.05) is 11.3 Å². The number of hydrogen-bond donors (Lipinski definition) is 2. The number of likely N-dealkylation sites (N-methyl/N-ethyl adjacent to an activating group) is 1. The SMILES string of the molecule is CN(C)[C@@H]1CN(Cc2cccs2)C[C@@H]2CCCO[C@@H]21.O=C(O)C(F)(F)F.O=C(O)C(F)(F)F. The Morgan fingerprint density at radius 3 is 2.09 bits per heavy atom. The van der Waals surface area contributed by atoms with E-state index in [9.17, 15) is 26.3 Å². The first-order chi connectivity index (χ1) is 15.1. The number of carboxylic acids is 2. The lowest BCUT2D eigenvalue weighted by Crippen LogP contribution is -2.59. The van der Waals surface area contributed by atoms with Crippen LogP contribution >= 0.6 is 11.3 Å². The second kappa shape index (κ2) is 12.5. The maximum atomic E-state index is 10.6. The largest absolute Gasteiger partial charge is 0.490 e. The molecular weight excluding hydrogens is 482 g/mol. The van der Waals surface area contributed by atoms with E-state index in [1.165, 1.54) is 24.3 Å². The third kappa shape index (κ3) is 10.3. The molecule has 2 N–H and O–H groups in total. The van der Waals surface area contributed by atoms with Crippen molar-refractivity contribution >= 4 is 23.3 Å². The van der Waals surface area contributed by atoms with Crippen molar-refractivity contribution in [2.45, 2.75) is 43.9 Å². The molecule has 14 heteroatoms. The van der Waals surface area contributed by atoms with Gasteiger partial charge < -0.3 is 19.8 Å². The zero-order valence-electron chi connectivity index (χ0n) is 17.9. The molecule has 3 atom stereocenters. The van der Waals surface area contributed by atoms with Crippen LogP contribution in [0.1, 0.15) is 17.7 Å². The summed E-state index contributed by atoms with van der Waals surface area (Å²) in [6, 6.07) is 4.94. The molecule has 3 rings (SSSR count). The highest BCUT2D eigenvalue weighted by atomic mass is 32.1. The molecule has 2 aliphatic heterocycles. The van der Waals surface area contributed by atoms with Crippen LogP contribution in [0.4, 0.5) is 26.3 Å². The van der Waals surface area contributed by atoms with Gasteiger partial charge in [0.25, 0.3) is 0 Å². The van der Waals surface area contributed by atoms with Gasteiger partial charge in [0.15, 0.2) is 0 Å². The van der Waals surface area contributed by atoms with Crippen LogP contribution in [0.5, 0.6) is 0 Å². The van der Waals surface area contributed by atoms with E-state index in [4.69, 9.17) is 24.5 Å². The fraction of sp³-hybridized carbons (Fsp3) is 0.684. The van der Waals surface area contributed by atoms with E-state index in [-0.39, 0.29) is 0 Å². The molecule has 0 bridgehead atoms. The second-order valence-corrected chi connectivity index (χ2v) is 8.68. The number of nitrogens with zero attached hydrogens (tertiary/aromatic N) is 2. The van der Waals surface area contributed by atoms with E-state index >= 15 is 0 Å². The number of ether oxygens (including phenoxy) is 1. The molecule has 3 heterocycles. The number of carboxylic acid groups (broad SMARTS) is 2. The number of rotatable bonds is 3. The summed E-state index contributed by atoms with van der Waals surface area (Å²) in [6.45, 7) is 4.39. The molecule has 33 heavy (non-hydrogen) atoms. The molecule has 190 valence electrons. The van der Waals surface area contributed by atoms with Crippen molar-refractivity contribution in [1.29, 1.82) is 0 Å². The third-order valence-corrected chi connectivity index (χ3v) is 5.78. The smallest absolute Gasteiger partial charge is 0.475 e. The van der Waals surface area contributed by atoms with E-state index in [0.29, 0.717) is 12.1 Å². The van der Waals surface area contributed by atoms with Crippen LogP contribution in [0, 0.1) is 5.92 Å². The number of hydrogen-bond acceptors (Lipinski definition) is 6. The molecule has 2 saturated heterocycles. The lowest BCUT2D eigenvalue weighted by molar-refractivity contribution is -0.193. The number of carbonyl (C=O) groups is 2. The Hall–Kier alpha value is -1.90. The monoisotopic (exact) mass is 508 g/mol. The minimum atomic E-state index is -5.08. The van der Waals surface area contributed by atoms with Gasteiger partial charge in [-0.3, -0.25) is 4.90 Å². The number of piperidine rings is 1. The van der Waals surface area contributed by atoms with Gasteiger partial charge in [0.05, 0.1) is 6.10 Å². The van der Waals surface area contributed by atoms with E-state index in [2.05, 4.69) is 41.4 Å². The molecule has 0 amide bonds. The molecule has 0 spiro atoms. The molecular formula is C19H26F6N2O5S. The van der Waals surface area contributed by atoms with Crippen LogP contribution < -0.4 is 0 Å². The molecule has 0 unspecified atom stereocenters. The molecule has 1 aromatic rings. The maximum Gasteiger partial charge on any atom is 0.490 e. The van der Waals surface area contributed by atoms with Crippen molar-refractivity contribution in [2.75, 3.05) is 33.8 Å². The second-order valence-electron chi connectivity index (χ2n) is 7.65. The molecule has 2 aliphatic rings. The first-order valence-electron chi connectivity index (χ1n) is 9.76. The summed E-state index contributed by atoms with van der Waals surface area (Å²) in [5, 5.41) is 16.4. The van der Waals surface area contributed by atoms with Crippen LogP contribution in [0.3, 0.4) is 0 Å². The molecule has 7 nitrogen and oxygen atoms in total. The Bertz CT molecular complexity index is 718. The van der Waals surface area contributed by atoms with Crippen LogP contribution in [0.15, 0.2) is 17.5 Å². The number of halogens is 6. The molecule has 0 radical (unpaired) electrons.